The van der Waals surface area contributed by atoms with E-state index in [9.17, 15) is 13.5 Å². The first kappa shape index (κ1) is 18.6. The SMILES string of the molecule is CC(NC(CO)c1ccccc1)c1cccc(S(=O)(=O)N(C)C)c1. The summed E-state index contributed by atoms with van der Waals surface area (Å²) in [4.78, 5) is 0.263. The molecule has 2 aromatic carbocycles. The molecule has 0 aliphatic rings. The van der Waals surface area contributed by atoms with E-state index in [1.165, 1.54) is 18.4 Å². The Bertz CT molecular complexity index is 761. The van der Waals surface area contributed by atoms with Crippen LogP contribution in [-0.4, -0.2) is 38.5 Å². The van der Waals surface area contributed by atoms with Crippen LogP contribution in [-0.2, 0) is 10.0 Å². The van der Waals surface area contributed by atoms with Gasteiger partial charge in [0.15, 0.2) is 0 Å². The number of nitrogens with zero attached hydrogens (tertiary/aromatic N) is 1. The van der Waals surface area contributed by atoms with Crippen molar-refractivity contribution in [2.24, 2.45) is 0 Å². The summed E-state index contributed by atoms with van der Waals surface area (Å²) in [6.45, 7) is 1.91. The van der Waals surface area contributed by atoms with E-state index >= 15 is 0 Å². The topological polar surface area (TPSA) is 69.6 Å². The fourth-order valence-electron chi connectivity index (χ4n) is 2.49. The van der Waals surface area contributed by atoms with Gasteiger partial charge in [-0.05, 0) is 30.2 Å². The maximum absolute atomic E-state index is 12.3. The van der Waals surface area contributed by atoms with E-state index in [2.05, 4.69) is 5.32 Å². The number of aliphatic hydroxyl groups excluding tert-OH is 1. The molecule has 0 bridgehead atoms. The van der Waals surface area contributed by atoms with Crippen molar-refractivity contribution in [2.75, 3.05) is 20.7 Å². The standard InChI is InChI=1S/C18H24N2O3S/c1-14(19-18(13-21)15-8-5-4-6-9-15)16-10-7-11-17(12-16)24(22,23)20(2)3/h4-12,14,18-19,21H,13H2,1-3H3. The van der Waals surface area contributed by atoms with Crippen molar-refractivity contribution in [1.82, 2.24) is 9.62 Å². The second kappa shape index (κ2) is 7.90. The monoisotopic (exact) mass is 348 g/mol. The zero-order valence-electron chi connectivity index (χ0n) is 14.2. The van der Waals surface area contributed by atoms with Gasteiger partial charge in [-0.3, -0.25) is 0 Å². The van der Waals surface area contributed by atoms with Crippen LogP contribution >= 0.6 is 0 Å². The van der Waals surface area contributed by atoms with Crippen molar-refractivity contribution < 1.29 is 13.5 Å². The van der Waals surface area contributed by atoms with E-state index in [-0.39, 0.29) is 23.6 Å². The van der Waals surface area contributed by atoms with Gasteiger partial charge in [-0.1, -0.05) is 42.5 Å². The Morgan fingerprint density at radius 1 is 1.04 bits per heavy atom. The maximum atomic E-state index is 12.3. The molecular formula is C18H24N2O3S. The van der Waals surface area contributed by atoms with Crippen molar-refractivity contribution in [2.45, 2.75) is 23.9 Å². The van der Waals surface area contributed by atoms with Gasteiger partial charge in [-0.15, -0.1) is 0 Å². The molecular weight excluding hydrogens is 324 g/mol. The van der Waals surface area contributed by atoms with Gasteiger partial charge in [-0.25, -0.2) is 12.7 Å². The molecule has 0 radical (unpaired) electrons. The van der Waals surface area contributed by atoms with Gasteiger partial charge < -0.3 is 10.4 Å². The van der Waals surface area contributed by atoms with E-state index < -0.39 is 10.0 Å². The van der Waals surface area contributed by atoms with Crippen molar-refractivity contribution in [3.63, 3.8) is 0 Å². The van der Waals surface area contributed by atoms with E-state index in [0.717, 1.165) is 11.1 Å². The summed E-state index contributed by atoms with van der Waals surface area (Å²) < 4.78 is 25.7. The first-order valence-corrected chi connectivity index (χ1v) is 9.24. The highest BCUT2D eigenvalue weighted by molar-refractivity contribution is 7.89. The quantitative estimate of drug-likeness (QED) is 0.806. The smallest absolute Gasteiger partial charge is 0.242 e. The van der Waals surface area contributed by atoms with Gasteiger partial charge in [0.05, 0.1) is 17.5 Å². The highest BCUT2D eigenvalue weighted by Gasteiger charge is 2.19. The Morgan fingerprint density at radius 2 is 1.67 bits per heavy atom. The molecule has 24 heavy (non-hydrogen) atoms. The van der Waals surface area contributed by atoms with Crippen LogP contribution in [0.2, 0.25) is 0 Å². The predicted octanol–water partition coefficient (Wildman–Crippen LogP) is 2.32. The van der Waals surface area contributed by atoms with Gasteiger partial charge in [-0.2, -0.15) is 0 Å². The molecule has 0 heterocycles. The van der Waals surface area contributed by atoms with Crippen LogP contribution in [0.15, 0.2) is 59.5 Å². The summed E-state index contributed by atoms with van der Waals surface area (Å²) in [6, 6.07) is 16.2. The molecule has 0 saturated heterocycles. The second-order valence-electron chi connectivity index (χ2n) is 5.89. The van der Waals surface area contributed by atoms with Crippen LogP contribution in [0.5, 0.6) is 0 Å². The predicted molar refractivity (Wildman–Crippen MR) is 95.1 cm³/mol. The number of rotatable bonds is 7. The molecule has 5 nitrogen and oxygen atoms in total. The summed E-state index contributed by atoms with van der Waals surface area (Å²) in [5.41, 5.74) is 1.84. The van der Waals surface area contributed by atoms with Crippen LogP contribution in [0, 0.1) is 0 Å². The third kappa shape index (κ3) is 4.21. The molecule has 0 aromatic heterocycles. The average molecular weight is 348 g/mol. The molecule has 2 atom stereocenters. The Balaban J connectivity index is 2.22. The van der Waals surface area contributed by atoms with Crippen molar-refractivity contribution >= 4 is 10.0 Å². The summed E-state index contributed by atoms with van der Waals surface area (Å²) in [5, 5.41) is 13.0. The molecule has 130 valence electrons. The lowest BCUT2D eigenvalue weighted by Crippen LogP contribution is -2.27. The number of hydrogen-bond acceptors (Lipinski definition) is 4. The summed E-state index contributed by atoms with van der Waals surface area (Å²) in [6.07, 6.45) is 0. The lowest BCUT2D eigenvalue weighted by Gasteiger charge is -2.23. The van der Waals surface area contributed by atoms with E-state index in [4.69, 9.17) is 0 Å². The van der Waals surface area contributed by atoms with Crippen LogP contribution in [0.3, 0.4) is 0 Å². The highest BCUT2D eigenvalue weighted by Crippen LogP contribution is 2.22. The summed E-state index contributed by atoms with van der Waals surface area (Å²) in [5.74, 6) is 0. The first-order chi connectivity index (χ1) is 11.4. The Morgan fingerprint density at radius 3 is 2.25 bits per heavy atom. The number of aliphatic hydroxyl groups is 1. The van der Waals surface area contributed by atoms with Crippen molar-refractivity contribution in [1.29, 1.82) is 0 Å². The molecule has 0 aliphatic heterocycles. The van der Waals surface area contributed by atoms with Gasteiger partial charge in [0, 0.05) is 20.1 Å². The van der Waals surface area contributed by atoms with Gasteiger partial charge >= 0.3 is 0 Å². The van der Waals surface area contributed by atoms with E-state index in [1.807, 2.05) is 43.3 Å². The zero-order valence-corrected chi connectivity index (χ0v) is 15.0. The van der Waals surface area contributed by atoms with Crippen LogP contribution < -0.4 is 5.32 Å². The second-order valence-corrected chi connectivity index (χ2v) is 8.05. The molecule has 2 aromatic rings. The maximum Gasteiger partial charge on any atom is 0.242 e. The van der Waals surface area contributed by atoms with Gasteiger partial charge in [0.25, 0.3) is 0 Å². The van der Waals surface area contributed by atoms with Crippen LogP contribution in [0.25, 0.3) is 0 Å². The fourth-order valence-corrected chi connectivity index (χ4v) is 3.45. The van der Waals surface area contributed by atoms with Crippen molar-refractivity contribution in [3.8, 4) is 0 Å². The minimum absolute atomic E-state index is 0.0377. The Kier molecular flexibility index (Phi) is 6.12. The molecule has 0 spiro atoms. The number of sulfonamides is 1. The number of benzene rings is 2. The zero-order chi connectivity index (χ0) is 17.7. The average Bonchev–Trinajstić information content (AvgIpc) is 2.60. The normalized spacial score (nSPS) is 14.5. The molecule has 0 aliphatic carbocycles. The molecule has 2 N–H and O–H groups in total. The minimum atomic E-state index is -3.46. The molecule has 0 fully saturated rings. The summed E-state index contributed by atoms with van der Waals surface area (Å²) in [7, 11) is -0.433. The van der Waals surface area contributed by atoms with E-state index in [0.29, 0.717) is 0 Å². The number of hydrogen-bond donors (Lipinski definition) is 2. The third-order valence-electron chi connectivity index (χ3n) is 3.97. The molecule has 2 rings (SSSR count). The lowest BCUT2D eigenvalue weighted by atomic mass is 10.0. The molecule has 2 unspecified atom stereocenters. The molecule has 0 saturated carbocycles. The fraction of sp³-hybridized carbons (Fsp3) is 0.333. The third-order valence-corrected chi connectivity index (χ3v) is 5.78. The van der Waals surface area contributed by atoms with Gasteiger partial charge in [0.2, 0.25) is 10.0 Å². The summed E-state index contributed by atoms with van der Waals surface area (Å²) >= 11 is 0. The van der Waals surface area contributed by atoms with Crippen molar-refractivity contribution in [3.05, 3.63) is 65.7 Å². The Labute approximate surface area is 144 Å². The Hall–Kier alpha value is -1.73. The highest BCUT2D eigenvalue weighted by atomic mass is 32.2. The van der Waals surface area contributed by atoms with E-state index in [1.54, 1.807) is 18.2 Å². The number of nitrogens with one attached hydrogen (secondary N) is 1. The van der Waals surface area contributed by atoms with Crippen LogP contribution in [0.4, 0.5) is 0 Å². The largest absolute Gasteiger partial charge is 0.394 e. The molecule has 6 heteroatoms. The van der Waals surface area contributed by atoms with Gasteiger partial charge in [0.1, 0.15) is 0 Å². The molecule has 0 amide bonds. The lowest BCUT2D eigenvalue weighted by molar-refractivity contribution is 0.235. The minimum Gasteiger partial charge on any atom is -0.394 e. The van der Waals surface area contributed by atoms with Crippen LogP contribution in [0.1, 0.15) is 30.1 Å². The first-order valence-electron chi connectivity index (χ1n) is 7.80.